The topological polar surface area (TPSA) is 33.1 Å². The van der Waals surface area contributed by atoms with E-state index in [2.05, 4.69) is 4.98 Å². The van der Waals surface area contributed by atoms with Crippen LogP contribution < -0.4 is 0 Å². The minimum atomic E-state index is -0.841. The number of pyridine rings is 1. The van der Waals surface area contributed by atoms with Crippen molar-refractivity contribution in [3.05, 3.63) is 64.7 Å². The van der Waals surface area contributed by atoms with Crippen LogP contribution in [0.5, 0.6) is 0 Å². The summed E-state index contributed by atoms with van der Waals surface area (Å²) in [5, 5.41) is 9.99. The van der Waals surface area contributed by atoms with Crippen LogP contribution in [0.4, 0.5) is 4.39 Å². The minimum absolute atomic E-state index is 0.000408. The van der Waals surface area contributed by atoms with Gasteiger partial charge in [0.1, 0.15) is 11.9 Å². The molecule has 0 aliphatic rings. The second-order valence-electron chi connectivity index (χ2n) is 3.36. The number of rotatable bonds is 2. The summed E-state index contributed by atoms with van der Waals surface area (Å²) in [5.41, 5.74) is 1.18. The van der Waals surface area contributed by atoms with E-state index in [-0.39, 0.29) is 5.02 Å². The van der Waals surface area contributed by atoms with Gasteiger partial charge in [0.15, 0.2) is 0 Å². The molecule has 1 atom stereocenters. The van der Waals surface area contributed by atoms with Crippen molar-refractivity contribution in [2.24, 2.45) is 0 Å². The van der Waals surface area contributed by atoms with Gasteiger partial charge >= 0.3 is 0 Å². The van der Waals surface area contributed by atoms with E-state index in [0.29, 0.717) is 11.1 Å². The molecule has 0 fully saturated rings. The van der Waals surface area contributed by atoms with Gasteiger partial charge in [0.25, 0.3) is 0 Å². The van der Waals surface area contributed by atoms with Gasteiger partial charge in [-0.2, -0.15) is 0 Å². The van der Waals surface area contributed by atoms with E-state index >= 15 is 0 Å². The Morgan fingerprint density at radius 2 is 2.06 bits per heavy atom. The van der Waals surface area contributed by atoms with Crippen molar-refractivity contribution in [2.45, 2.75) is 6.10 Å². The highest BCUT2D eigenvalue weighted by atomic mass is 35.5. The lowest BCUT2D eigenvalue weighted by molar-refractivity contribution is 0.220. The van der Waals surface area contributed by atoms with Crippen molar-refractivity contribution in [1.29, 1.82) is 0 Å². The first-order valence-corrected chi connectivity index (χ1v) is 5.09. The van der Waals surface area contributed by atoms with Crippen LogP contribution >= 0.6 is 11.6 Å². The first-order chi connectivity index (χ1) is 7.68. The SMILES string of the molecule is OC(c1cccnc1)c1ccc(F)c(Cl)c1. The molecule has 0 aliphatic heterocycles. The number of hydrogen-bond donors (Lipinski definition) is 1. The van der Waals surface area contributed by atoms with E-state index in [1.54, 1.807) is 24.5 Å². The number of aliphatic hydroxyl groups excluding tert-OH is 1. The summed E-state index contributed by atoms with van der Waals surface area (Å²) in [5.74, 6) is -0.496. The normalized spacial score (nSPS) is 12.4. The summed E-state index contributed by atoms with van der Waals surface area (Å²) >= 11 is 5.64. The second-order valence-corrected chi connectivity index (χ2v) is 3.77. The fourth-order valence-electron chi connectivity index (χ4n) is 1.41. The Labute approximate surface area is 97.3 Å². The number of aliphatic hydroxyl groups is 1. The van der Waals surface area contributed by atoms with Crippen LogP contribution in [0.1, 0.15) is 17.2 Å². The maximum Gasteiger partial charge on any atom is 0.141 e. The Hall–Kier alpha value is -1.45. The summed E-state index contributed by atoms with van der Waals surface area (Å²) in [7, 11) is 0. The summed E-state index contributed by atoms with van der Waals surface area (Å²) in [6.45, 7) is 0. The molecule has 0 saturated carbocycles. The lowest BCUT2D eigenvalue weighted by atomic mass is 10.0. The number of halogens is 2. The highest BCUT2D eigenvalue weighted by Gasteiger charge is 2.12. The molecule has 0 saturated heterocycles. The van der Waals surface area contributed by atoms with E-state index in [4.69, 9.17) is 11.6 Å². The third-order valence-electron chi connectivity index (χ3n) is 2.26. The zero-order valence-electron chi connectivity index (χ0n) is 8.27. The van der Waals surface area contributed by atoms with Gasteiger partial charge in [0.2, 0.25) is 0 Å². The van der Waals surface area contributed by atoms with Gasteiger partial charge in [-0.3, -0.25) is 4.98 Å². The molecule has 1 heterocycles. The van der Waals surface area contributed by atoms with Crippen molar-refractivity contribution in [3.63, 3.8) is 0 Å². The van der Waals surface area contributed by atoms with Crippen molar-refractivity contribution >= 4 is 11.6 Å². The Bertz CT molecular complexity index is 490. The van der Waals surface area contributed by atoms with Gasteiger partial charge in [-0.25, -0.2) is 4.39 Å². The maximum absolute atomic E-state index is 12.9. The molecule has 16 heavy (non-hydrogen) atoms. The second kappa shape index (κ2) is 4.60. The lowest BCUT2D eigenvalue weighted by Gasteiger charge is -2.11. The highest BCUT2D eigenvalue weighted by Crippen LogP contribution is 2.25. The monoisotopic (exact) mass is 237 g/mol. The molecular weight excluding hydrogens is 229 g/mol. The minimum Gasteiger partial charge on any atom is -0.384 e. The van der Waals surface area contributed by atoms with Crippen LogP contribution in [-0.2, 0) is 0 Å². The predicted octanol–water partition coefficient (Wildman–Crippen LogP) is 2.96. The molecule has 1 aromatic carbocycles. The average molecular weight is 238 g/mol. The van der Waals surface area contributed by atoms with Gasteiger partial charge in [-0.15, -0.1) is 0 Å². The molecule has 1 aromatic heterocycles. The number of nitrogens with zero attached hydrogens (tertiary/aromatic N) is 1. The molecule has 4 heteroatoms. The van der Waals surface area contributed by atoms with Crippen LogP contribution in [0.15, 0.2) is 42.7 Å². The molecule has 2 rings (SSSR count). The van der Waals surface area contributed by atoms with E-state index in [1.807, 2.05) is 0 Å². The Balaban J connectivity index is 2.34. The fraction of sp³-hybridized carbons (Fsp3) is 0.0833. The summed E-state index contributed by atoms with van der Waals surface area (Å²) in [6.07, 6.45) is 2.34. The first-order valence-electron chi connectivity index (χ1n) is 4.71. The van der Waals surface area contributed by atoms with Gasteiger partial charge < -0.3 is 5.11 Å². The Morgan fingerprint density at radius 3 is 2.69 bits per heavy atom. The summed E-state index contributed by atoms with van der Waals surface area (Å²) in [4.78, 5) is 3.90. The van der Waals surface area contributed by atoms with Crippen molar-refractivity contribution in [1.82, 2.24) is 4.98 Å². The van der Waals surface area contributed by atoms with Crippen molar-refractivity contribution in [2.75, 3.05) is 0 Å². The van der Waals surface area contributed by atoms with Crippen LogP contribution in [0.2, 0.25) is 5.02 Å². The quantitative estimate of drug-likeness (QED) is 0.871. The third-order valence-corrected chi connectivity index (χ3v) is 2.55. The van der Waals surface area contributed by atoms with Crippen molar-refractivity contribution < 1.29 is 9.50 Å². The Kier molecular flexibility index (Phi) is 3.17. The molecule has 2 aromatic rings. The van der Waals surface area contributed by atoms with Gasteiger partial charge in [-0.05, 0) is 23.8 Å². The number of aromatic nitrogens is 1. The van der Waals surface area contributed by atoms with Crippen LogP contribution in [0, 0.1) is 5.82 Å². The maximum atomic E-state index is 12.9. The van der Waals surface area contributed by atoms with Gasteiger partial charge in [-0.1, -0.05) is 23.7 Å². The molecule has 1 unspecified atom stereocenters. The number of hydrogen-bond acceptors (Lipinski definition) is 2. The first kappa shape index (κ1) is 11.0. The molecule has 1 N–H and O–H groups in total. The molecular formula is C12H9ClFNO. The molecule has 0 radical (unpaired) electrons. The fourth-order valence-corrected chi connectivity index (χ4v) is 1.60. The molecule has 82 valence electrons. The molecule has 0 amide bonds. The molecule has 0 spiro atoms. The largest absolute Gasteiger partial charge is 0.384 e. The van der Waals surface area contributed by atoms with Crippen molar-refractivity contribution in [3.8, 4) is 0 Å². The lowest BCUT2D eigenvalue weighted by Crippen LogP contribution is -2.00. The van der Waals surface area contributed by atoms with E-state index < -0.39 is 11.9 Å². The van der Waals surface area contributed by atoms with Crippen LogP contribution in [0.3, 0.4) is 0 Å². The number of benzene rings is 1. The Morgan fingerprint density at radius 1 is 1.25 bits per heavy atom. The average Bonchev–Trinajstić information content (AvgIpc) is 2.33. The molecule has 0 aliphatic carbocycles. The summed E-state index contributed by atoms with van der Waals surface area (Å²) in [6, 6.07) is 7.61. The van der Waals surface area contributed by atoms with E-state index in [0.717, 1.165) is 0 Å². The molecule has 0 bridgehead atoms. The van der Waals surface area contributed by atoms with Gasteiger partial charge in [0.05, 0.1) is 5.02 Å². The smallest absolute Gasteiger partial charge is 0.141 e. The van der Waals surface area contributed by atoms with Gasteiger partial charge in [0, 0.05) is 18.0 Å². The standard InChI is InChI=1S/C12H9ClFNO/c13-10-6-8(3-4-11(10)14)12(16)9-2-1-5-15-7-9/h1-7,12,16H. The zero-order valence-corrected chi connectivity index (χ0v) is 9.03. The van der Waals surface area contributed by atoms with Crippen LogP contribution in [-0.4, -0.2) is 10.1 Å². The predicted molar refractivity (Wildman–Crippen MR) is 59.7 cm³/mol. The summed E-state index contributed by atoms with van der Waals surface area (Å²) < 4.78 is 12.9. The van der Waals surface area contributed by atoms with E-state index in [9.17, 15) is 9.50 Å². The van der Waals surface area contributed by atoms with E-state index in [1.165, 1.54) is 18.2 Å². The highest BCUT2D eigenvalue weighted by molar-refractivity contribution is 6.30. The zero-order chi connectivity index (χ0) is 11.5. The third kappa shape index (κ3) is 2.21. The van der Waals surface area contributed by atoms with Crippen LogP contribution in [0.25, 0.3) is 0 Å². The molecule has 2 nitrogen and oxygen atoms in total.